The standard InChI is InChI=1S/C23H30N4O3S/c1-18-7-8-19(2)22(15-18)25-11-13-26(14-12-25)23(28)20-5-4-10-27(17-20)31(29,30)21-6-3-9-24-16-21/h3,6-9,15-16,20H,4-5,10-14,17H2,1-2H3. The summed E-state index contributed by atoms with van der Waals surface area (Å²) in [5.41, 5.74) is 3.71. The van der Waals surface area contributed by atoms with E-state index in [-0.39, 0.29) is 23.3 Å². The SMILES string of the molecule is Cc1ccc(C)c(N2CCN(C(=O)C3CCCN(S(=O)(=O)c4cccnc4)C3)CC2)c1. The molecule has 1 aromatic carbocycles. The number of rotatable bonds is 4. The predicted octanol–water partition coefficient (Wildman–Crippen LogP) is 2.45. The molecule has 1 unspecified atom stereocenters. The zero-order valence-electron chi connectivity index (χ0n) is 18.2. The first-order valence-corrected chi connectivity index (χ1v) is 12.3. The molecule has 7 nitrogen and oxygen atoms in total. The van der Waals surface area contributed by atoms with Crippen LogP contribution in [0.15, 0.2) is 47.6 Å². The van der Waals surface area contributed by atoms with Crippen molar-refractivity contribution in [3.05, 3.63) is 53.9 Å². The number of benzene rings is 1. The Labute approximate surface area is 184 Å². The van der Waals surface area contributed by atoms with Crippen LogP contribution in [0, 0.1) is 19.8 Å². The van der Waals surface area contributed by atoms with Crippen LogP contribution in [0.25, 0.3) is 0 Å². The summed E-state index contributed by atoms with van der Waals surface area (Å²) in [7, 11) is -3.62. The first-order valence-electron chi connectivity index (χ1n) is 10.9. The highest BCUT2D eigenvalue weighted by Gasteiger charge is 2.36. The van der Waals surface area contributed by atoms with E-state index in [0.29, 0.717) is 26.1 Å². The van der Waals surface area contributed by atoms with Crippen LogP contribution in [0.1, 0.15) is 24.0 Å². The molecule has 0 aliphatic carbocycles. The summed E-state index contributed by atoms with van der Waals surface area (Å²) in [5.74, 6) is -0.209. The number of aromatic nitrogens is 1. The third-order valence-corrected chi connectivity index (χ3v) is 8.15. The molecular formula is C23H30N4O3S. The van der Waals surface area contributed by atoms with E-state index in [9.17, 15) is 13.2 Å². The molecule has 3 heterocycles. The Kier molecular flexibility index (Phi) is 6.29. The average Bonchev–Trinajstić information content (AvgIpc) is 2.81. The highest BCUT2D eigenvalue weighted by Crippen LogP contribution is 2.27. The molecule has 2 saturated heterocycles. The second-order valence-corrected chi connectivity index (χ2v) is 10.4. The first-order chi connectivity index (χ1) is 14.9. The summed E-state index contributed by atoms with van der Waals surface area (Å²) in [5, 5.41) is 0. The third-order valence-electron chi connectivity index (χ3n) is 6.30. The van der Waals surface area contributed by atoms with E-state index in [0.717, 1.165) is 19.5 Å². The number of hydrogen-bond donors (Lipinski definition) is 0. The number of piperazine rings is 1. The Morgan fingerprint density at radius 3 is 2.55 bits per heavy atom. The van der Waals surface area contributed by atoms with Crippen molar-refractivity contribution < 1.29 is 13.2 Å². The van der Waals surface area contributed by atoms with Gasteiger partial charge in [-0.25, -0.2) is 8.42 Å². The quantitative estimate of drug-likeness (QED) is 0.727. The average molecular weight is 443 g/mol. The van der Waals surface area contributed by atoms with Crippen molar-refractivity contribution >= 4 is 21.6 Å². The molecular weight excluding hydrogens is 412 g/mol. The van der Waals surface area contributed by atoms with Crippen LogP contribution in [0.2, 0.25) is 0 Å². The molecule has 2 aromatic rings. The van der Waals surface area contributed by atoms with Crippen LogP contribution in [0.5, 0.6) is 0 Å². The molecule has 0 saturated carbocycles. The van der Waals surface area contributed by atoms with Crippen molar-refractivity contribution in [1.82, 2.24) is 14.2 Å². The molecule has 4 rings (SSSR count). The van der Waals surface area contributed by atoms with Crippen LogP contribution in [-0.4, -0.2) is 67.8 Å². The smallest absolute Gasteiger partial charge is 0.244 e. The Morgan fingerprint density at radius 1 is 1.06 bits per heavy atom. The Hall–Kier alpha value is -2.45. The lowest BCUT2D eigenvalue weighted by atomic mass is 9.97. The van der Waals surface area contributed by atoms with Gasteiger partial charge in [-0.05, 0) is 56.0 Å². The molecule has 0 bridgehead atoms. The number of hydrogen-bond acceptors (Lipinski definition) is 5. The molecule has 1 atom stereocenters. The fraction of sp³-hybridized carbons (Fsp3) is 0.478. The van der Waals surface area contributed by atoms with Gasteiger partial charge in [0, 0.05) is 57.3 Å². The minimum atomic E-state index is -3.62. The number of nitrogens with zero attached hydrogens (tertiary/aromatic N) is 4. The van der Waals surface area contributed by atoms with E-state index in [1.165, 1.54) is 27.3 Å². The summed E-state index contributed by atoms with van der Waals surface area (Å²) >= 11 is 0. The number of sulfonamides is 1. The van der Waals surface area contributed by atoms with Crippen LogP contribution in [0.4, 0.5) is 5.69 Å². The van der Waals surface area contributed by atoms with Gasteiger partial charge in [0.15, 0.2) is 0 Å². The summed E-state index contributed by atoms with van der Waals surface area (Å²) in [6.45, 7) is 7.81. The molecule has 0 radical (unpaired) electrons. The molecule has 166 valence electrons. The molecule has 8 heteroatoms. The van der Waals surface area contributed by atoms with E-state index in [4.69, 9.17) is 0 Å². The van der Waals surface area contributed by atoms with Gasteiger partial charge in [0.1, 0.15) is 4.90 Å². The zero-order valence-corrected chi connectivity index (χ0v) is 19.0. The van der Waals surface area contributed by atoms with Crippen molar-refractivity contribution in [3.63, 3.8) is 0 Å². The Balaban J connectivity index is 1.39. The second-order valence-electron chi connectivity index (χ2n) is 8.49. The maximum atomic E-state index is 13.2. The van der Waals surface area contributed by atoms with Gasteiger partial charge in [-0.3, -0.25) is 9.78 Å². The van der Waals surface area contributed by atoms with Gasteiger partial charge in [-0.2, -0.15) is 4.31 Å². The number of piperidine rings is 1. The number of carbonyl (C=O) groups is 1. The number of aryl methyl sites for hydroxylation is 2. The minimum absolute atomic E-state index is 0.0756. The van der Waals surface area contributed by atoms with Crippen molar-refractivity contribution in [2.75, 3.05) is 44.2 Å². The summed E-state index contributed by atoms with van der Waals surface area (Å²) in [6, 6.07) is 9.64. The largest absolute Gasteiger partial charge is 0.368 e. The molecule has 2 aliphatic rings. The Morgan fingerprint density at radius 2 is 1.84 bits per heavy atom. The van der Waals surface area contributed by atoms with Gasteiger partial charge >= 0.3 is 0 Å². The van der Waals surface area contributed by atoms with E-state index in [1.54, 1.807) is 18.3 Å². The first kappa shape index (κ1) is 21.8. The van der Waals surface area contributed by atoms with E-state index >= 15 is 0 Å². The molecule has 0 spiro atoms. The zero-order chi connectivity index (χ0) is 22.0. The molecule has 2 fully saturated rings. The number of anilines is 1. The van der Waals surface area contributed by atoms with Crippen molar-refractivity contribution in [2.45, 2.75) is 31.6 Å². The number of amides is 1. The van der Waals surface area contributed by atoms with Crippen molar-refractivity contribution in [1.29, 1.82) is 0 Å². The fourth-order valence-corrected chi connectivity index (χ4v) is 5.99. The lowest BCUT2D eigenvalue weighted by Crippen LogP contribution is -2.53. The molecule has 1 amide bonds. The summed E-state index contributed by atoms with van der Waals surface area (Å²) < 4.78 is 27.3. The highest BCUT2D eigenvalue weighted by molar-refractivity contribution is 7.89. The van der Waals surface area contributed by atoms with Crippen molar-refractivity contribution in [2.24, 2.45) is 5.92 Å². The van der Waals surface area contributed by atoms with Crippen molar-refractivity contribution in [3.8, 4) is 0 Å². The van der Waals surface area contributed by atoms with Crippen LogP contribution in [-0.2, 0) is 14.8 Å². The monoisotopic (exact) mass is 442 g/mol. The van der Waals surface area contributed by atoms with Gasteiger partial charge in [-0.1, -0.05) is 12.1 Å². The lowest BCUT2D eigenvalue weighted by Gasteiger charge is -2.40. The van der Waals surface area contributed by atoms with Gasteiger partial charge in [0.2, 0.25) is 15.9 Å². The maximum Gasteiger partial charge on any atom is 0.244 e. The van der Waals surface area contributed by atoms with Gasteiger partial charge in [0.05, 0.1) is 5.92 Å². The molecule has 2 aliphatic heterocycles. The highest BCUT2D eigenvalue weighted by atomic mass is 32.2. The molecule has 31 heavy (non-hydrogen) atoms. The van der Waals surface area contributed by atoms with E-state index < -0.39 is 10.0 Å². The van der Waals surface area contributed by atoms with Gasteiger partial charge < -0.3 is 9.80 Å². The normalized spacial score (nSPS) is 20.6. The van der Waals surface area contributed by atoms with Gasteiger partial charge in [-0.15, -0.1) is 0 Å². The second kappa shape index (κ2) is 8.96. The third kappa shape index (κ3) is 4.60. The van der Waals surface area contributed by atoms with Gasteiger partial charge in [0.25, 0.3) is 0 Å². The fourth-order valence-electron chi connectivity index (χ4n) is 4.50. The molecule has 0 N–H and O–H groups in total. The van der Waals surface area contributed by atoms with Crippen LogP contribution < -0.4 is 4.90 Å². The van der Waals surface area contributed by atoms with Crippen LogP contribution in [0.3, 0.4) is 0 Å². The van der Waals surface area contributed by atoms with E-state index in [2.05, 4.69) is 41.9 Å². The summed E-state index contributed by atoms with van der Waals surface area (Å²) in [6.07, 6.45) is 4.35. The minimum Gasteiger partial charge on any atom is -0.368 e. The molecule has 1 aromatic heterocycles. The topological polar surface area (TPSA) is 73.8 Å². The Bertz CT molecular complexity index is 1030. The van der Waals surface area contributed by atoms with Crippen LogP contribution >= 0.6 is 0 Å². The number of pyridine rings is 1. The van der Waals surface area contributed by atoms with E-state index in [1.807, 2.05) is 4.90 Å². The number of carbonyl (C=O) groups excluding carboxylic acids is 1. The lowest BCUT2D eigenvalue weighted by molar-refractivity contribution is -0.137. The maximum absolute atomic E-state index is 13.2. The summed E-state index contributed by atoms with van der Waals surface area (Å²) in [4.78, 5) is 21.6. The predicted molar refractivity (Wildman–Crippen MR) is 120 cm³/mol.